The van der Waals surface area contributed by atoms with Gasteiger partial charge in [-0.25, -0.2) is 9.55 Å². The predicted molar refractivity (Wildman–Crippen MR) is 140 cm³/mol. The third-order valence-electron chi connectivity index (χ3n) is 5.83. The lowest BCUT2D eigenvalue weighted by atomic mass is 10.0. The van der Waals surface area contributed by atoms with Crippen molar-refractivity contribution in [2.45, 2.75) is 31.7 Å². The van der Waals surface area contributed by atoms with Gasteiger partial charge in [0.1, 0.15) is 11.8 Å². The largest absolute Gasteiger partial charge is 0.468 e. The second-order valence-corrected chi connectivity index (χ2v) is 10.5. The number of hydrogen-bond donors (Lipinski definition) is 2. The molecular formula is C24H30N7O6P. The molecule has 2 aromatic heterocycles. The van der Waals surface area contributed by atoms with Gasteiger partial charge in [-0.1, -0.05) is 24.1 Å². The first-order chi connectivity index (χ1) is 18.1. The van der Waals surface area contributed by atoms with Gasteiger partial charge in [0.2, 0.25) is 5.95 Å². The van der Waals surface area contributed by atoms with E-state index >= 15 is 0 Å². The van der Waals surface area contributed by atoms with Gasteiger partial charge in [-0.3, -0.25) is 13.9 Å². The summed E-state index contributed by atoms with van der Waals surface area (Å²) >= 11 is 0. The van der Waals surface area contributed by atoms with Crippen LogP contribution < -0.4 is 20.2 Å². The zero-order valence-electron chi connectivity index (χ0n) is 21.5. The van der Waals surface area contributed by atoms with Crippen molar-refractivity contribution in [2.75, 3.05) is 38.4 Å². The second kappa shape index (κ2) is 11.4. The van der Waals surface area contributed by atoms with E-state index in [4.69, 9.17) is 30.7 Å². The third-order valence-corrected chi connectivity index (χ3v) is 7.47. The maximum absolute atomic E-state index is 13.6. The van der Waals surface area contributed by atoms with E-state index in [2.05, 4.69) is 26.0 Å². The fourth-order valence-corrected chi connectivity index (χ4v) is 5.56. The average Bonchev–Trinajstić information content (AvgIpc) is 3.50. The highest BCUT2D eigenvalue weighted by Gasteiger charge is 2.39. The Balaban J connectivity index is 1.54. The number of methoxy groups -OCH3 is 1. The molecule has 3 heterocycles. The zero-order valence-corrected chi connectivity index (χ0v) is 22.4. The van der Waals surface area contributed by atoms with Crippen molar-refractivity contribution >= 4 is 36.6 Å². The Hall–Kier alpha value is -3.69. The van der Waals surface area contributed by atoms with Crippen LogP contribution in [0, 0.1) is 18.3 Å². The van der Waals surface area contributed by atoms with E-state index in [1.165, 1.54) is 14.0 Å². The number of anilines is 2. The van der Waals surface area contributed by atoms with Crippen molar-refractivity contribution < 1.29 is 27.9 Å². The molecule has 1 aliphatic rings. The number of nitrogens with one attached hydrogen (secondary N) is 1. The molecule has 3 aromatic rings. The Kier molecular flexibility index (Phi) is 8.18. The average molecular weight is 544 g/mol. The number of para-hydroxylation sites is 1. The van der Waals surface area contributed by atoms with E-state index in [0.29, 0.717) is 29.2 Å². The Morgan fingerprint density at radius 1 is 1.37 bits per heavy atom. The molecule has 202 valence electrons. The molecule has 1 saturated heterocycles. The molecular weight excluding hydrogens is 513 g/mol. The van der Waals surface area contributed by atoms with Crippen molar-refractivity contribution in [3.05, 3.63) is 36.7 Å². The summed E-state index contributed by atoms with van der Waals surface area (Å²) < 4.78 is 37.7. The van der Waals surface area contributed by atoms with Gasteiger partial charge in [-0.15, -0.1) is 6.42 Å². The smallest absolute Gasteiger partial charge is 0.459 e. The van der Waals surface area contributed by atoms with Gasteiger partial charge in [0.05, 0.1) is 32.1 Å². The summed E-state index contributed by atoms with van der Waals surface area (Å²) in [5, 5.41) is 2.62. The Morgan fingerprint density at radius 3 is 2.76 bits per heavy atom. The number of rotatable bonds is 10. The highest BCUT2D eigenvalue weighted by Crippen LogP contribution is 2.46. The monoisotopic (exact) mass is 543 g/mol. The molecule has 13 nitrogen and oxygen atoms in total. The van der Waals surface area contributed by atoms with Crippen LogP contribution in [0.15, 0.2) is 36.7 Å². The fourth-order valence-electron chi connectivity index (χ4n) is 4.04. The summed E-state index contributed by atoms with van der Waals surface area (Å²) in [6.07, 6.45) is 6.64. The lowest BCUT2D eigenvalue weighted by molar-refractivity contribution is -0.142. The number of esters is 1. The maximum atomic E-state index is 13.6. The molecule has 4 rings (SSSR count). The van der Waals surface area contributed by atoms with Crippen LogP contribution in [0.3, 0.4) is 0 Å². The summed E-state index contributed by atoms with van der Waals surface area (Å²) in [4.78, 5) is 26.8. The Morgan fingerprint density at radius 2 is 2.11 bits per heavy atom. The van der Waals surface area contributed by atoms with Gasteiger partial charge in [-0.2, -0.15) is 15.1 Å². The van der Waals surface area contributed by atoms with Gasteiger partial charge in [0.15, 0.2) is 23.2 Å². The molecule has 0 amide bonds. The van der Waals surface area contributed by atoms with Crippen molar-refractivity contribution in [3.63, 3.8) is 0 Å². The van der Waals surface area contributed by atoms with Crippen LogP contribution in [0.25, 0.3) is 11.2 Å². The molecule has 0 bridgehead atoms. The Labute approximate surface area is 220 Å². The lowest BCUT2D eigenvalue weighted by Crippen LogP contribution is -2.35. The van der Waals surface area contributed by atoms with E-state index in [1.807, 2.05) is 14.1 Å². The highest BCUT2D eigenvalue weighted by atomic mass is 31.2. The topological polar surface area (TPSA) is 156 Å². The first-order valence-electron chi connectivity index (χ1n) is 11.8. The zero-order chi connectivity index (χ0) is 27.4. The van der Waals surface area contributed by atoms with Crippen molar-refractivity contribution in [3.8, 4) is 18.1 Å². The second-order valence-electron chi connectivity index (χ2n) is 8.85. The van der Waals surface area contributed by atoms with Gasteiger partial charge in [0.25, 0.3) is 0 Å². The molecule has 1 fully saturated rings. The number of carbonyl (C=O) groups is 1. The predicted octanol–water partition coefficient (Wildman–Crippen LogP) is 2.37. The normalized spacial score (nSPS) is 21.4. The van der Waals surface area contributed by atoms with Crippen LogP contribution in [0.2, 0.25) is 0 Å². The molecule has 0 saturated carbocycles. The van der Waals surface area contributed by atoms with Crippen LogP contribution in [0.1, 0.15) is 19.6 Å². The number of hydrogen-bond acceptors (Lipinski definition) is 11. The molecule has 0 spiro atoms. The first kappa shape index (κ1) is 27.3. The highest BCUT2D eigenvalue weighted by molar-refractivity contribution is 7.52. The number of nitrogens with two attached hydrogens (primary N) is 1. The van der Waals surface area contributed by atoms with Gasteiger partial charge < -0.3 is 24.6 Å². The number of imidazole rings is 1. The molecule has 1 aliphatic heterocycles. The molecule has 0 unspecified atom stereocenters. The van der Waals surface area contributed by atoms with Crippen LogP contribution in [0.5, 0.6) is 5.75 Å². The summed E-state index contributed by atoms with van der Waals surface area (Å²) in [5.74, 6) is 2.70. The minimum absolute atomic E-state index is 0.0860. The van der Waals surface area contributed by atoms with Crippen molar-refractivity contribution in [1.29, 1.82) is 0 Å². The summed E-state index contributed by atoms with van der Waals surface area (Å²) in [6, 6.07) is 7.51. The van der Waals surface area contributed by atoms with Crippen molar-refractivity contribution in [1.82, 2.24) is 24.6 Å². The number of nitrogens with zero attached hydrogens (tertiary/aromatic N) is 5. The number of fused-ring (bicyclic) bond motifs is 1. The summed E-state index contributed by atoms with van der Waals surface area (Å²) in [5.41, 5.74) is 6.96. The number of carbonyl (C=O) groups excluding carboxylic acids is 1. The van der Waals surface area contributed by atoms with Crippen molar-refractivity contribution in [2.24, 2.45) is 5.92 Å². The summed E-state index contributed by atoms with van der Waals surface area (Å²) in [6.45, 7) is 1.36. The minimum atomic E-state index is -4.03. The van der Waals surface area contributed by atoms with Crippen LogP contribution in [-0.2, 0) is 23.4 Å². The number of terminal acetylenes is 1. The van der Waals surface area contributed by atoms with Gasteiger partial charge in [-0.05, 0) is 25.5 Å². The van der Waals surface area contributed by atoms with E-state index in [9.17, 15) is 9.36 Å². The molecule has 3 N–H and O–H groups in total. The third kappa shape index (κ3) is 5.89. The number of aromatic nitrogens is 4. The fraction of sp³-hybridized carbons (Fsp3) is 0.417. The molecule has 38 heavy (non-hydrogen) atoms. The molecule has 0 radical (unpaired) electrons. The minimum Gasteiger partial charge on any atom is -0.468 e. The van der Waals surface area contributed by atoms with E-state index < -0.39 is 32.1 Å². The lowest BCUT2D eigenvalue weighted by Gasteiger charge is -2.24. The standard InChI is InChI=1S/C24H30N7O6P/c1-6-16-12-18(36-22(16)31-14-26-19-20(30(3)4)27-24(25)28-21(19)31)13-35-38(33,29-15(2)23(32)34-5)37-17-10-8-7-9-11-17/h1,7-11,14-16,18,22H,12-13H2,2-5H3,(H,29,33)(H2,25,27,28)/t15-,16-,18-,22+,38+/m0/s1. The first-order valence-corrected chi connectivity index (χ1v) is 13.3. The number of nitrogen functional groups attached to an aromatic ring is 1. The number of benzene rings is 1. The Bertz CT molecular complexity index is 1380. The van der Waals surface area contributed by atoms with Crippen LogP contribution in [-0.4, -0.2) is 65.4 Å². The summed E-state index contributed by atoms with van der Waals surface area (Å²) in [7, 11) is 0.857. The number of ether oxygens (including phenoxy) is 2. The SMILES string of the molecule is C#C[C@H]1C[C@@H](CO[P@](=O)(N[C@@H](C)C(=O)OC)Oc2ccccc2)O[C@H]1n1cnc2c(N(C)C)nc(N)nc21. The van der Waals surface area contributed by atoms with Crippen LogP contribution in [0.4, 0.5) is 11.8 Å². The van der Waals surface area contributed by atoms with Crippen LogP contribution >= 0.6 is 7.75 Å². The quantitative estimate of drug-likeness (QED) is 0.219. The molecule has 0 aliphatic carbocycles. The molecule has 5 atom stereocenters. The molecule has 14 heteroatoms. The van der Waals surface area contributed by atoms with Gasteiger partial charge >= 0.3 is 13.7 Å². The maximum Gasteiger partial charge on any atom is 0.459 e. The van der Waals surface area contributed by atoms with E-state index in [0.717, 1.165) is 0 Å². The van der Waals surface area contributed by atoms with Gasteiger partial charge in [0, 0.05) is 14.1 Å². The molecule has 1 aromatic carbocycles. The van der Waals surface area contributed by atoms with E-state index in [1.54, 1.807) is 46.1 Å². The van der Waals surface area contributed by atoms with E-state index in [-0.39, 0.29) is 18.5 Å².